The summed E-state index contributed by atoms with van der Waals surface area (Å²) in [4.78, 5) is 19.8. The maximum Gasteiger partial charge on any atom is 0.573 e. The molecule has 1 rings (SSSR count). The Morgan fingerprint density at radius 2 is 2.05 bits per heavy atom. The molecule has 0 fully saturated rings. The number of rotatable bonds is 4. The molecule has 1 aromatic carbocycles. The first-order chi connectivity index (χ1) is 8.69. The number of hydrogen-bond acceptors (Lipinski definition) is 4. The number of nitro benzene ring substituents is 1. The summed E-state index contributed by atoms with van der Waals surface area (Å²) >= 11 is 0. The number of carboxylic acid groups (broad SMARTS) is 1. The Bertz CT molecular complexity index is 538. The van der Waals surface area contributed by atoms with Crippen LogP contribution in [0.3, 0.4) is 0 Å². The van der Waals surface area contributed by atoms with Gasteiger partial charge in [-0.3, -0.25) is 10.1 Å². The van der Waals surface area contributed by atoms with Gasteiger partial charge in [-0.25, -0.2) is 4.79 Å². The van der Waals surface area contributed by atoms with Crippen molar-refractivity contribution in [3.8, 4) is 5.75 Å². The Morgan fingerprint density at radius 3 is 2.53 bits per heavy atom. The van der Waals surface area contributed by atoms with Crippen LogP contribution in [-0.2, 0) is 4.79 Å². The van der Waals surface area contributed by atoms with Gasteiger partial charge in [0, 0.05) is 17.7 Å². The zero-order chi connectivity index (χ0) is 14.6. The lowest BCUT2D eigenvalue weighted by Crippen LogP contribution is -2.17. The average molecular weight is 277 g/mol. The highest BCUT2D eigenvalue weighted by Crippen LogP contribution is 2.30. The fourth-order valence-electron chi connectivity index (χ4n) is 1.15. The van der Waals surface area contributed by atoms with E-state index in [1.165, 1.54) is 0 Å². The predicted octanol–water partition coefficient (Wildman–Crippen LogP) is 2.59. The molecule has 0 aliphatic heterocycles. The number of halogens is 3. The van der Waals surface area contributed by atoms with Crippen LogP contribution in [-0.4, -0.2) is 22.4 Å². The summed E-state index contributed by atoms with van der Waals surface area (Å²) < 4.78 is 40.0. The number of carboxylic acids is 1. The van der Waals surface area contributed by atoms with Gasteiger partial charge >= 0.3 is 12.3 Å². The lowest BCUT2D eigenvalue weighted by Gasteiger charge is -2.11. The second-order valence-electron chi connectivity index (χ2n) is 3.20. The molecule has 1 aromatic rings. The topological polar surface area (TPSA) is 89.7 Å². The third-order valence-electron chi connectivity index (χ3n) is 1.84. The molecule has 0 bridgehead atoms. The van der Waals surface area contributed by atoms with Crippen molar-refractivity contribution in [2.75, 3.05) is 0 Å². The Kier molecular flexibility index (Phi) is 4.10. The van der Waals surface area contributed by atoms with Gasteiger partial charge in [0.15, 0.2) is 0 Å². The minimum atomic E-state index is -5.04. The molecule has 0 saturated carbocycles. The smallest absolute Gasteiger partial charge is 0.478 e. The van der Waals surface area contributed by atoms with E-state index >= 15 is 0 Å². The van der Waals surface area contributed by atoms with Gasteiger partial charge < -0.3 is 9.84 Å². The molecule has 9 heteroatoms. The van der Waals surface area contributed by atoms with E-state index in [1.807, 2.05) is 0 Å². The molecule has 0 saturated heterocycles. The van der Waals surface area contributed by atoms with E-state index in [9.17, 15) is 28.1 Å². The van der Waals surface area contributed by atoms with Crippen LogP contribution >= 0.6 is 0 Å². The van der Waals surface area contributed by atoms with Gasteiger partial charge in [-0.15, -0.1) is 13.2 Å². The molecule has 0 aromatic heterocycles. The van der Waals surface area contributed by atoms with Gasteiger partial charge in [0.1, 0.15) is 5.75 Å². The highest BCUT2D eigenvalue weighted by molar-refractivity contribution is 5.86. The number of benzene rings is 1. The predicted molar refractivity (Wildman–Crippen MR) is 56.4 cm³/mol. The molecule has 0 radical (unpaired) electrons. The SMILES string of the molecule is O=C(O)/C=C/c1ccc([N+](=O)[O-])cc1OC(F)(F)F. The van der Waals surface area contributed by atoms with Crippen molar-refractivity contribution in [2.24, 2.45) is 0 Å². The number of nitro groups is 1. The second-order valence-corrected chi connectivity index (χ2v) is 3.20. The average Bonchev–Trinajstić information content (AvgIpc) is 2.24. The largest absolute Gasteiger partial charge is 0.573 e. The summed E-state index contributed by atoms with van der Waals surface area (Å²) in [6.45, 7) is 0. The molecule has 0 aliphatic rings. The Labute approximate surface area is 103 Å². The lowest BCUT2D eigenvalue weighted by molar-refractivity contribution is -0.385. The van der Waals surface area contributed by atoms with Crippen molar-refractivity contribution in [1.29, 1.82) is 0 Å². The first kappa shape index (κ1) is 14.5. The zero-order valence-corrected chi connectivity index (χ0v) is 9.05. The van der Waals surface area contributed by atoms with Crippen molar-refractivity contribution in [3.05, 3.63) is 40.0 Å². The van der Waals surface area contributed by atoms with Crippen molar-refractivity contribution in [2.45, 2.75) is 6.36 Å². The van der Waals surface area contributed by atoms with E-state index in [4.69, 9.17) is 5.11 Å². The molecule has 102 valence electrons. The summed E-state index contributed by atoms with van der Waals surface area (Å²) in [7, 11) is 0. The molecule has 0 spiro atoms. The van der Waals surface area contributed by atoms with Crippen molar-refractivity contribution >= 4 is 17.7 Å². The van der Waals surface area contributed by atoms with Crippen LogP contribution in [0.25, 0.3) is 6.08 Å². The van der Waals surface area contributed by atoms with Crippen LogP contribution in [0, 0.1) is 10.1 Å². The third-order valence-corrected chi connectivity index (χ3v) is 1.84. The highest BCUT2D eigenvalue weighted by Gasteiger charge is 2.32. The summed E-state index contributed by atoms with van der Waals surface area (Å²) in [5, 5.41) is 18.8. The van der Waals surface area contributed by atoms with Gasteiger partial charge in [-0.05, 0) is 12.1 Å². The van der Waals surface area contributed by atoms with E-state index in [2.05, 4.69) is 4.74 Å². The molecule has 1 N–H and O–H groups in total. The lowest BCUT2D eigenvalue weighted by atomic mass is 10.1. The van der Waals surface area contributed by atoms with E-state index in [0.717, 1.165) is 18.2 Å². The van der Waals surface area contributed by atoms with E-state index in [0.29, 0.717) is 12.1 Å². The molecular formula is C10H6F3NO5. The van der Waals surface area contributed by atoms with Crippen molar-refractivity contribution in [1.82, 2.24) is 0 Å². The van der Waals surface area contributed by atoms with Gasteiger partial charge in [-0.2, -0.15) is 0 Å². The fourth-order valence-corrected chi connectivity index (χ4v) is 1.15. The monoisotopic (exact) mass is 277 g/mol. The van der Waals surface area contributed by atoms with E-state index in [-0.39, 0.29) is 5.56 Å². The van der Waals surface area contributed by atoms with Gasteiger partial charge in [0.25, 0.3) is 5.69 Å². The molecule has 0 amide bonds. The molecule has 19 heavy (non-hydrogen) atoms. The molecule has 0 atom stereocenters. The highest BCUT2D eigenvalue weighted by atomic mass is 19.4. The summed E-state index contributed by atoms with van der Waals surface area (Å²) in [5.41, 5.74) is -0.850. The van der Waals surface area contributed by atoms with E-state index < -0.39 is 28.7 Å². The normalized spacial score (nSPS) is 11.5. The summed E-state index contributed by atoms with van der Waals surface area (Å²) in [6, 6.07) is 2.46. The molecule has 0 heterocycles. The van der Waals surface area contributed by atoms with Gasteiger partial charge in [-0.1, -0.05) is 0 Å². The molecular weight excluding hydrogens is 271 g/mol. The minimum Gasteiger partial charge on any atom is -0.478 e. The number of carbonyl (C=O) groups is 1. The minimum absolute atomic E-state index is 0.245. The van der Waals surface area contributed by atoms with Crippen molar-refractivity contribution < 1.29 is 32.7 Å². The number of nitrogens with zero attached hydrogens (tertiary/aromatic N) is 1. The maximum absolute atomic E-state index is 12.1. The van der Waals surface area contributed by atoms with Crippen LogP contribution in [0.5, 0.6) is 5.75 Å². The standard InChI is InChI=1S/C10H6F3NO5/c11-10(12,13)19-8-5-7(14(17)18)3-1-6(8)2-4-9(15)16/h1-5H,(H,15,16)/b4-2+. The quantitative estimate of drug-likeness (QED) is 0.519. The molecule has 0 unspecified atom stereocenters. The van der Waals surface area contributed by atoms with Crippen molar-refractivity contribution in [3.63, 3.8) is 0 Å². The summed E-state index contributed by atoms with van der Waals surface area (Å²) in [6.07, 6.45) is -3.61. The molecule has 6 nitrogen and oxygen atoms in total. The van der Waals surface area contributed by atoms with Gasteiger partial charge in [0.2, 0.25) is 0 Å². The summed E-state index contributed by atoms with van der Waals surface area (Å²) in [5.74, 6) is -2.23. The van der Waals surface area contributed by atoms with Crippen LogP contribution < -0.4 is 4.74 Å². The molecule has 0 aliphatic carbocycles. The number of non-ortho nitro benzene ring substituents is 1. The van der Waals surface area contributed by atoms with Gasteiger partial charge in [0.05, 0.1) is 11.0 Å². The van der Waals surface area contributed by atoms with E-state index in [1.54, 1.807) is 0 Å². The number of aliphatic carboxylic acids is 1. The Hall–Kier alpha value is -2.58. The first-order valence-electron chi connectivity index (χ1n) is 4.64. The number of alkyl halides is 3. The Balaban J connectivity index is 3.22. The van der Waals surface area contributed by atoms with Crippen LogP contribution in [0.1, 0.15) is 5.56 Å². The number of ether oxygens (including phenoxy) is 1. The second kappa shape index (κ2) is 5.38. The van der Waals surface area contributed by atoms with Crippen LogP contribution in [0.4, 0.5) is 18.9 Å². The zero-order valence-electron chi connectivity index (χ0n) is 9.05. The van der Waals surface area contributed by atoms with Crippen LogP contribution in [0.15, 0.2) is 24.3 Å². The maximum atomic E-state index is 12.1. The third kappa shape index (κ3) is 4.66. The number of hydrogen-bond donors (Lipinski definition) is 1. The fraction of sp³-hybridized carbons (Fsp3) is 0.100. The first-order valence-corrected chi connectivity index (χ1v) is 4.64. The Morgan fingerprint density at radius 1 is 1.42 bits per heavy atom. The van der Waals surface area contributed by atoms with Crippen LogP contribution in [0.2, 0.25) is 0 Å².